The summed E-state index contributed by atoms with van der Waals surface area (Å²) in [6.45, 7) is 3.00. The molecule has 0 radical (unpaired) electrons. The molecule has 0 fully saturated rings. The number of benzene rings is 1. The highest BCUT2D eigenvalue weighted by atomic mass is 31.2. The molecular weight excluding hydrogens is 321 g/mol. The molecule has 23 heavy (non-hydrogen) atoms. The Bertz CT molecular complexity index is 513. The molecule has 0 aliphatic carbocycles. The van der Waals surface area contributed by atoms with Gasteiger partial charge < -0.3 is 24.6 Å². The average molecular weight is 345 g/mol. The van der Waals surface area contributed by atoms with E-state index in [9.17, 15) is 9.36 Å². The van der Waals surface area contributed by atoms with Gasteiger partial charge in [0.25, 0.3) is 0 Å². The molecule has 7 nitrogen and oxygen atoms in total. The molecule has 0 unspecified atom stereocenters. The fraction of sp³-hybridized carbons (Fsp3) is 0.533. The first kappa shape index (κ1) is 19.5. The van der Waals surface area contributed by atoms with E-state index >= 15 is 0 Å². The van der Waals surface area contributed by atoms with E-state index in [-0.39, 0.29) is 6.09 Å². The summed E-state index contributed by atoms with van der Waals surface area (Å²) >= 11 is 0. The minimum absolute atomic E-state index is 0.389. The summed E-state index contributed by atoms with van der Waals surface area (Å²) in [5, 5.41) is 2.69. The first-order valence-corrected chi connectivity index (χ1v) is 9.37. The SMILES string of the molecule is CCCCOC(=O)NCCCc1ccc(OCP(=O)(O)O)cc1. The number of carbonyl (C=O) groups is 1. The Hall–Kier alpha value is -1.56. The first-order chi connectivity index (χ1) is 10.9. The van der Waals surface area contributed by atoms with Gasteiger partial charge in [0.1, 0.15) is 5.75 Å². The number of amides is 1. The highest BCUT2D eigenvalue weighted by Crippen LogP contribution is 2.34. The minimum atomic E-state index is -4.16. The van der Waals surface area contributed by atoms with Crippen LogP contribution in [0, 0.1) is 0 Å². The zero-order valence-corrected chi connectivity index (χ0v) is 14.1. The molecule has 130 valence electrons. The van der Waals surface area contributed by atoms with Crippen molar-refractivity contribution in [1.82, 2.24) is 5.32 Å². The summed E-state index contributed by atoms with van der Waals surface area (Å²) < 4.78 is 20.7. The molecule has 0 bridgehead atoms. The maximum absolute atomic E-state index is 11.3. The van der Waals surface area contributed by atoms with Crippen LogP contribution in [0.1, 0.15) is 31.7 Å². The van der Waals surface area contributed by atoms with Crippen molar-refractivity contribution in [3.63, 3.8) is 0 Å². The van der Waals surface area contributed by atoms with Gasteiger partial charge in [0.2, 0.25) is 0 Å². The lowest BCUT2D eigenvalue weighted by molar-refractivity contribution is 0.144. The van der Waals surface area contributed by atoms with E-state index in [1.807, 2.05) is 19.1 Å². The molecule has 1 aromatic carbocycles. The van der Waals surface area contributed by atoms with Gasteiger partial charge in [0, 0.05) is 6.54 Å². The van der Waals surface area contributed by atoms with Gasteiger partial charge in [0.05, 0.1) is 6.61 Å². The van der Waals surface area contributed by atoms with E-state index in [0.29, 0.717) is 18.9 Å². The van der Waals surface area contributed by atoms with E-state index in [0.717, 1.165) is 31.2 Å². The van der Waals surface area contributed by atoms with Gasteiger partial charge in [-0.25, -0.2) is 4.79 Å². The van der Waals surface area contributed by atoms with Crippen LogP contribution in [0.15, 0.2) is 24.3 Å². The Morgan fingerprint density at radius 1 is 1.22 bits per heavy atom. The van der Waals surface area contributed by atoms with Gasteiger partial charge in [-0.2, -0.15) is 0 Å². The molecule has 1 rings (SSSR count). The van der Waals surface area contributed by atoms with Gasteiger partial charge in [-0.05, 0) is 37.0 Å². The van der Waals surface area contributed by atoms with Crippen LogP contribution >= 0.6 is 7.60 Å². The van der Waals surface area contributed by atoms with Crippen molar-refractivity contribution in [2.75, 3.05) is 19.5 Å². The van der Waals surface area contributed by atoms with Crippen molar-refractivity contribution in [1.29, 1.82) is 0 Å². The molecule has 0 heterocycles. The summed E-state index contributed by atoms with van der Waals surface area (Å²) in [6, 6.07) is 6.98. The van der Waals surface area contributed by atoms with Crippen LogP contribution in [-0.2, 0) is 15.7 Å². The quantitative estimate of drug-likeness (QED) is 0.445. The zero-order chi connectivity index (χ0) is 17.1. The summed E-state index contributed by atoms with van der Waals surface area (Å²) in [5.74, 6) is 0.412. The van der Waals surface area contributed by atoms with Crippen LogP contribution in [-0.4, -0.2) is 35.4 Å². The molecule has 1 aromatic rings. The monoisotopic (exact) mass is 345 g/mol. The number of rotatable bonds is 10. The van der Waals surface area contributed by atoms with Crippen LogP contribution in [0.2, 0.25) is 0 Å². The number of nitrogens with one attached hydrogen (secondary N) is 1. The smallest absolute Gasteiger partial charge is 0.407 e. The topological polar surface area (TPSA) is 105 Å². The van der Waals surface area contributed by atoms with E-state index in [1.54, 1.807) is 12.1 Å². The predicted octanol–water partition coefficient (Wildman–Crippen LogP) is 2.66. The zero-order valence-electron chi connectivity index (χ0n) is 13.2. The summed E-state index contributed by atoms with van der Waals surface area (Å²) in [5.41, 5.74) is 1.05. The van der Waals surface area contributed by atoms with Crippen molar-refractivity contribution < 1.29 is 28.6 Å². The number of alkyl carbamates (subject to hydrolysis) is 1. The fourth-order valence-electron chi connectivity index (χ4n) is 1.75. The van der Waals surface area contributed by atoms with Crippen LogP contribution in [0.25, 0.3) is 0 Å². The molecule has 0 aliphatic heterocycles. The maximum atomic E-state index is 11.3. The van der Waals surface area contributed by atoms with Gasteiger partial charge in [-0.3, -0.25) is 4.57 Å². The second-order valence-corrected chi connectivity index (χ2v) is 6.69. The molecule has 3 N–H and O–H groups in total. The average Bonchev–Trinajstić information content (AvgIpc) is 2.50. The standard InChI is InChI=1S/C15H24NO6P/c1-2-3-11-21-15(17)16-10-4-5-13-6-8-14(9-7-13)22-12-23(18,19)20/h6-9H,2-5,10-12H2,1H3,(H,16,17)(H2,18,19,20). The van der Waals surface area contributed by atoms with Crippen LogP contribution in [0.5, 0.6) is 5.75 Å². The number of carbonyl (C=O) groups excluding carboxylic acids is 1. The minimum Gasteiger partial charge on any atom is -0.481 e. The molecule has 1 amide bonds. The predicted molar refractivity (Wildman–Crippen MR) is 86.6 cm³/mol. The van der Waals surface area contributed by atoms with Crippen LogP contribution in [0.3, 0.4) is 0 Å². The summed E-state index contributed by atoms with van der Waals surface area (Å²) in [7, 11) is -4.16. The molecule has 0 aliphatic rings. The summed E-state index contributed by atoms with van der Waals surface area (Å²) in [6.07, 6.45) is 2.38. The molecule has 8 heteroatoms. The Balaban J connectivity index is 2.20. The third-order valence-corrected chi connectivity index (χ3v) is 3.43. The third kappa shape index (κ3) is 9.94. The first-order valence-electron chi connectivity index (χ1n) is 7.57. The second-order valence-electron chi connectivity index (χ2n) is 5.10. The molecular formula is C15H24NO6P. The van der Waals surface area contributed by atoms with E-state index < -0.39 is 13.9 Å². The molecule has 0 saturated heterocycles. The highest BCUT2D eigenvalue weighted by Gasteiger charge is 2.13. The number of hydrogen-bond donors (Lipinski definition) is 3. The van der Waals surface area contributed by atoms with Crippen molar-refractivity contribution in [3.05, 3.63) is 29.8 Å². The van der Waals surface area contributed by atoms with Crippen LogP contribution in [0.4, 0.5) is 4.79 Å². The van der Waals surface area contributed by atoms with Crippen molar-refractivity contribution in [2.45, 2.75) is 32.6 Å². The maximum Gasteiger partial charge on any atom is 0.407 e. The Labute approximate surface area is 136 Å². The summed E-state index contributed by atoms with van der Waals surface area (Å²) in [4.78, 5) is 28.8. The lowest BCUT2D eigenvalue weighted by atomic mass is 10.1. The second kappa shape index (κ2) is 10.3. The largest absolute Gasteiger partial charge is 0.481 e. The van der Waals surface area contributed by atoms with Crippen molar-refractivity contribution in [2.24, 2.45) is 0 Å². The number of hydrogen-bond acceptors (Lipinski definition) is 4. The van der Waals surface area contributed by atoms with Gasteiger partial charge in [-0.15, -0.1) is 0 Å². The van der Waals surface area contributed by atoms with Gasteiger partial charge >= 0.3 is 13.7 Å². The lowest BCUT2D eigenvalue weighted by Gasteiger charge is -2.09. The molecule has 0 aromatic heterocycles. The number of aryl methyl sites for hydroxylation is 1. The number of ether oxygens (including phenoxy) is 2. The Morgan fingerprint density at radius 3 is 2.52 bits per heavy atom. The number of unbranched alkanes of at least 4 members (excludes halogenated alkanes) is 1. The van der Waals surface area contributed by atoms with Gasteiger partial charge in [0.15, 0.2) is 6.35 Å². The van der Waals surface area contributed by atoms with Gasteiger partial charge in [-0.1, -0.05) is 25.5 Å². The third-order valence-electron chi connectivity index (χ3n) is 2.97. The molecule has 0 saturated carbocycles. The Kier molecular flexibility index (Phi) is 8.69. The van der Waals surface area contributed by atoms with E-state index in [1.165, 1.54) is 0 Å². The lowest BCUT2D eigenvalue weighted by Crippen LogP contribution is -2.25. The van der Waals surface area contributed by atoms with Crippen LogP contribution < -0.4 is 10.1 Å². The van der Waals surface area contributed by atoms with E-state index in [4.69, 9.17) is 19.3 Å². The van der Waals surface area contributed by atoms with E-state index in [2.05, 4.69) is 5.32 Å². The normalized spacial score (nSPS) is 11.1. The van der Waals surface area contributed by atoms with Crippen molar-refractivity contribution in [3.8, 4) is 5.75 Å². The highest BCUT2D eigenvalue weighted by molar-refractivity contribution is 7.51. The Morgan fingerprint density at radius 2 is 1.91 bits per heavy atom. The van der Waals surface area contributed by atoms with Crippen molar-refractivity contribution >= 4 is 13.7 Å². The fourth-order valence-corrected chi connectivity index (χ4v) is 2.07. The molecule has 0 spiro atoms. The molecule has 0 atom stereocenters.